The van der Waals surface area contributed by atoms with Gasteiger partial charge in [0.25, 0.3) is 0 Å². The SMILES string of the molecule is CC(CNC1CC1)Cc1sccc1Cl. The number of rotatable bonds is 5. The summed E-state index contributed by atoms with van der Waals surface area (Å²) >= 11 is 7.82. The van der Waals surface area contributed by atoms with Crippen molar-refractivity contribution in [3.05, 3.63) is 21.3 Å². The molecule has 0 aromatic carbocycles. The Hall–Kier alpha value is -0.0500. The standard InChI is InChI=1S/C11H16ClNS/c1-8(7-13-9-2-3-9)6-11-10(12)4-5-14-11/h4-5,8-9,13H,2-3,6-7H2,1H3. The van der Waals surface area contributed by atoms with E-state index >= 15 is 0 Å². The maximum Gasteiger partial charge on any atom is 0.0545 e. The average molecular weight is 230 g/mol. The van der Waals surface area contributed by atoms with Crippen LogP contribution in [0, 0.1) is 5.92 Å². The lowest BCUT2D eigenvalue weighted by Crippen LogP contribution is -2.24. The van der Waals surface area contributed by atoms with Crippen LogP contribution in [0.1, 0.15) is 24.6 Å². The predicted octanol–water partition coefficient (Wildman–Crippen LogP) is 3.33. The highest BCUT2D eigenvalue weighted by atomic mass is 35.5. The highest BCUT2D eigenvalue weighted by molar-refractivity contribution is 7.10. The van der Waals surface area contributed by atoms with E-state index in [1.54, 1.807) is 11.3 Å². The summed E-state index contributed by atoms with van der Waals surface area (Å²) < 4.78 is 0. The van der Waals surface area contributed by atoms with Crippen molar-refractivity contribution in [1.29, 1.82) is 0 Å². The van der Waals surface area contributed by atoms with Gasteiger partial charge in [-0.2, -0.15) is 0 Å². The second-order valence-corrected chi connectivity index (χ2v) is 5.59. The molecule has 0 bridgehead atoms. The lowest BCUT2D eigenvalue weighted by Gasteiger charge is -2.11. The van der Waals surface area contributed by atoms with E-state index in [-0.39, 0.29) is 0 Å². The molecule has 1 aromatic rings. The molecule has 1 fully saturated rings. The Bertz CT molecular complexity index is 293. The summed E-state index contributed by atoms with van der Waals surface area (Å²) in [6.45, 7) is 3.41. The predicted molar refractivity (Wildman–Crippen MR) is 63.2 cm³/mol. The molecular weight excluding hydrogens is 214 g/mol. The smallest absolute Gasteiger partial charge is 0.0545 e. The van der Waals surface area contributed by atoms with Gasteiger partial charge in [-0.25, -0.2) is 0 Å². The lowest BCUT2D eigenvalue weighted by molar-refractivity contribution is 0.512. The molecule has 0 spiro atoms. The molecule has 1 atom stereocenters. The Morgan fingerprint density at radius 3 is 3.00 bits per heavy atom. The monoisotopic (exact) mass is 229 g/mol. The van der Waals surface area contributed by atoms with Crippen LogP contribution in [0.4, 0.5) is 0 Å². The first-order valence-electron chi connectivity index (χ1n) is 5.21. The molecule has 1 heterocycles. The summed E-state index contributed by atoms with van der Waals surface area (Å²) in [5, 5.41) is 6.56. The lowest BCUT2D eigenvalue weighted by atomic mass is 10.1. The zero-order chi connectivity index (χ0) is 9.97. The van der Waals surface area contributed by atoms with E-state index in [4.69, 9.17) is 11.6 Å². The normalized spacial score (nSPS) is 18.4. The number of halogens is 1. The fourth-order valence-corrected chi connectivity index (χ4v) is 2.79. The van der Waals surface area contributed by atoms with Gasteiger partial charge in [-0.3, -0.25) is 0 Å². The molecule has 0 saturated heterocycles. The van der Waals surface area contributed by atoms with Crippen molar-refractivity contribution >= 4 is 22.9 Å². The van der Waals surface area contributed by atoms with Crippen molar-refractivity contribution in [3.63, 3.8) is 0 Å². The Balaban J connectivity index is 1.75. The molecule has 1 nitrogen and oxygen atoms in total. The number of nitrogens with one attached hydrogen (secondary N) is 1. The van der Waals surface area contributed by atoms with E-state index in [0.717, 1.165) is 24.0 Å². The average Bonchev–Trinajstić information content (AvgIpc) is 2.90. The van der Waals surface area contributed by atoms with Crippen molar-refractivity contribution in [3.8, 4) is 0 Å². The van der Waals surface area contributed by atoms with Gasteiger partial charge in [0.1, 0.15) is 0 Å². The highest BCUT2D eigenvalue weighted by Gasteiger charge is 2.21. The summed E-state index contributed by atoms with van der Waals surface area (Å²) in [5.41, 5.74) is 0. The van der Waals surface area contributed by atoms with E-state index < -0.39 is 0 Å². The van der Waals surface area contributed by atoms with Gasteiger partial charge < -0.3 is 5.32 Å². The molecule has 0 aliphatic heterocycles. The molecular formula is C11H16ClNS. The molecule has 1 aromatic heterocycles. The van der Waals surface area contributed by atoms with Gasteiger partial charge >= 0.3 is 0 Å². The van der Waals surface area contributed by atoms with Crippen molar-refractivity contribution in [2.45, 2.75) is 32.2 Å². The molecule has 3 heteroatoms. The van der Waals surface area contributed by atoms with E-state index in [0.29, 0.717) is 5.92 Å². The van der Waals surface area contributed by atoms with Gasteiger partial charge in [-0.15, -0.1) is 11.3 Å². The molecule has 14 heavy (non-hydrogen) atoms. The fourth-order valence-electron chi connectivity index (χ4n) is 1.51. The summed E-state index contributed by atoms with van der Waals surface area (Å²) in [6, 6.07) is 2.80. The maximum atomic E-state index is 6.05. The molecule has 1 aliphatic rings. The third-order valence-corrected chi connectivity index (χ3v) is 3.97. The van der Waals surface area contributed by atoms with Crippen molar-refractivity contribution in [1.82, 2.24) is 5.32 Å². The molecule has 78 valence electrons. The van der Waals surface area contributed by atoms with Gasteiger partial charge in [-0.05, 0) is 43.2 Å². The first kappa shape index (κ1) is 10.5. The maximum absolute atomic E-state index is 6.05. The zero-order valence-corrected chi connectivity index (χ0v) is 10.00. The van der Waals surface area contributed by atoms with Crippen LogP contribution in [0.5, 0.6) is 0 Å². The summed E-state index contributed by atoms with van der Waals surface area (Å²) in [7, 11) is 0. The van der Waals surface area contributed by atoms with E-state index in [1.165, 1.54) is 17.7 Å². The van der Waals surface area contributed by atoms with E-state index in [9.17, 15) is 0 Å². The van der Waals surface area contributed by atoms with E-state index in [2.05, 4.69) is 17.6 Å². The second kappa shape index (κ2) is 4.65. The summed E-state index contributed by atoms with van der Waals surface area (Å²) in [4.78, 5) is 1.33. The van der Waals surface area contributed by atoms with Crippen LogP contribution in [-0.4, -0.2) is 12.6 Å². The largest absolute Gasteiger partial charge is 0.314 e. The minimum Gasteiger partial charge on any atom is -0.314 e. The first-order chi connectivity index (χ1) is 6.75. The van der Waals surface area contributed by atoms with Crippen LogP contribution in [-0.2, 0) is 6.42 Å². The quantitative estimate of drug-likeness (QED) is 0.817. The minimum atomic E-state index is 0.687. The van der Waals surface area contributed by atoms with Crippen LogP contribution in [0.15, 0.2) is 11.4 Å². The molecule has 0 amide bonds. The second-order valence-electron chi connectivity index (χ2n) is 4.18. The molecule has 2 rings (SSSR count). The minimum absolute atomic E-state index is 0.687. The van der Waals surface area contributed by atoms with Crippen LogP contribution in [0.25, 0.3) is 0 Å². The van der Waals surface area contributed by atoms with Crippen molar-refractivity contribution < 1.29 is 0 Å². The third-order valence-electron chi connectivity index (χ3n) is 2.56. The van der Waals surface area contributed by atoms with Crippen LogP contribution in [0.2, 0.25) is 5.02 Å². The van der Waals surface area contributed by atoms with Crippen LogP contribution in [0.3, 0.4) is 0 Å². The molecule has 1 N–H and O–H groups in total. The third kappa shape index (κ3) is 2.97. The fraction of sp³-hybridized carbons (Fsp3) is 0.636. The molecule has 1 aliphatic carbocycles. The van der Waals surface area contributed by atoms with Gasteiger partial charge in [-0.1, -0.05) is 18.5 Å². The van der Waals surface area contributed by atoms with E-state index in [1.807, 2.05) is 6.07 Å². The highest BCUT2D eigenvalue weighted by Crippen LogP contribution is 2.25. The molecule has 0 radical (unpaired) electrons. The first-order valence-corrected chi connectivity index (χ1v) is 6.46. The number of hydrogen-bond donors (Lipinski definition) is 1. The van der Waals surface area contributed by atoms with Crippen LogP contribution >= 0.6 is 22.9 Å². The Morgan fingerprint density at radius 2 is 2.43 bits per heavy atom. The van der Waals surface area contributed by atoms with Crippen LogP contribution < -0.4 is 5.32 Å². The van der Waals surface area contributed by atoms with Gasteiger partial charge in [0.15, 0.2) is 0 Å². The van der Waals surface area contributed by atoms with Crippen molar-refractivity contribution in [2.75, 3.05) is 6.54 Å². The molecule has 1 saturated carbocycles. The zero-order valence-electron chi connectivity index (χ0n) is 8.42. The summed E-state index contributed by atoms with van der Waals surface area (Å²) in [6.07, 6.45) is 3.84. The number of thiophene rings is 1. The summed E-state index contributed by atoms with van der Waals surface area (Å²) in [5.74, 6) is 0.687. The Morgan fingerprint density at radius 1 is 1.64 bits per heavy atom. The molecule has 1 unspecified atom stereocenters. The Kier molecular flexibility index (Phi) is 3.47. The van der Waals surface area contributed by atoms with Gasteiger partial charge in [0.2, 0.25) is 0 Å². The van der Waals surface area contributed by atoms with Crippen molar-refractivity contribution in [2.24, 2.45) is 5.92 Å². The number of hydrogen-bond acceptors (Lipinski definition) is 2. The van der Waals surface area contributed by atoms with Gasteiger partial charge in [0.05, 0.1) is 5.02 Å². The Labute approximate surface area is 94.5 Å². The topological polar surface area (TPSA) is 12.0 Å². The van der Waals surface area contributed by atoms with Gasteiger partial charge in [0, 0.05) is 10.9 Å².